The Balaban J connectivity index is 2.62. The van der Waals surface area contributed by atoms with Gasteiger partial charge < -0.3 is 20.6 Å². The molecule has 3 N–H and O–H groups in total. The Labute approximate surface area is 122 Å². The predicted molar refractivity (Wildman–Crippen MR) is 79.6 cm³/mol. The Bertz CT molecular complexity index is 452. The zero-order valence-electron chi connectivity index (χ0n) is 11.4. The molecule has 0 aliphatic heterocycles. The second-order valence-corrected chi connectivity index (χ2v) is 5.45. The molecule has 1 unspecified atom stereocenters. The maximum Gasteiger partial charge on any atom is 0.143 e. The fourth-order valence-corrected chi connectivity index (χ4v) is 2.43. The van der Waals surface area contributed by atoms with Crippen molar-refractivity contribution in [1.29, 1.82) is 0 Å². The van der Waals surface area contributed by atoms with E-state index in [4.69, 9.17) is 15.7 Å². The lowest BCUT2D eigenvalue weighted by atomic mass is 10.1. The van der Waals surface area contributed by atoms with Crippen LogP contribution in [0.25, 0.3) is 0 Å². The van der Waals surface area contributed by atoms with Gasteiger partial charge in [-0.3, -0.25) is 0 Å². The number of hydrogen-bond acceptors (Lipinski definition) is 4. The van der Waals surface area contributed by atoms with Crippen molar-refractivity contribution in [2.45, 2.75) is 13.5 Å². The maximum absolute atomic E-state index is 8.63. The molecule has 5 nitrogen and oxygen atoms in total. The van der Waals surface area contributed by atoms with Gasteiger partial charge in [-0.1, -0.05) is 18.1 Å². The largest absolute Gasteiger partial charge is 0.496 e. The van der Waals surface area contributed by atoms with E-state index in [1.165, 1.54) is 5.56 Å². The van der Waals surface area contributed by atoms with Gasteiger partial charge in [0.25, 0.3) is 0 Å². The molecule has 1 aromatic rings. The van der Waals surface area contributed by atoms with Crippen LogP contribution < -0.4 is 10.5 Å². The number of oxime groups is 1. The van der Waals surface area contributed by atoms with Crippen molar-refractivity contribution in [3.63, 3.8) is 0 Å². The highest BCUT2D eigenvalue weighted by Crippen LogP contribution is 2.25. The fourth-order valence-electron chi connectivity index (χ4n) is 1.84. The van der Waals surface area contributed by atoms with Crippen LogP contribution in [-0.4, -0.2) is 36.6 Å². The quantitative estimate of drug-likeness (QED) is 0.363. The Hall–Kier alpha value is -1.27. The second-order valence-electron chi connectivity index (χ2n) is 4.59. The van der Waals surface area contributed by atoms with E-state index in [2.05, 4.69) is 26.0 Å². The lowest BCUT2D eigenvalue weighted by molar-refractivity contribution is 0.290. The SMILES string of the molecule is COc1ccc(CN(C)CC(C)/C(N)=N/O)cc1Br. The summed E-state index contributed by atoms with van der Waals surface area (Å²) in [4.78, 5) is 2.12. The molecule has 0 amide bonds. The molecule has 0 bridgehead atoms. The molecule has 0 spiro atoms. The Kier molecular flexibility index (Phi) is 6.11. The molecule has 19 heavy (non-hydrogen) atoms. The molecule has 0 aliphatic carbocycles. The maximum atomic E-state index is 8.63. The van der Waals surface area contributed by atoms with Crippen LogP contribution in [0.5, 0.6) is 5.75 Å². The number of halogens is 1. The van der Waals surface area contributed by atoms with Crippen molar-refractivity contribution in [3.8, 4) is 5.75 Å². The van der Waals surface area contributed by atoms with Gasteiger partial charge in [0.1, 0.15) is 11.6 Å². The smallest absolute Gasteiger partial charge is 0.143 e. The van der Waals surface area contributed by atoms with E-state index in [1.54, 1.807) is 7.11 Å². The van der Waals surface area contributed by atoms with Gasteiger partial charge in [0.2, 0.25) is 0 Å². The molecule has 0 fully saturated rings. The fraction of sp³-hybridized carbons (Fsp3) is 0.462. The second kappa shape index (κ2) is 7.35. The molecule has 0 saturated carbocycles. The van der Waals surface area contributed by atoms with Gasteiger partial charge in [0.15, 0.2) is 0 Å². The minimum absolute atomic E-state index is 0.0108. The highest BCUT2D eigenvalue weighted by Gasteiger charge is 2.11. The molecule has 0 aromatic heterocycles. The molecule has 6 heteroatoms. The number of hydrogen-bond donors (Lipinski definition) is 2. The van der Waals surface area contributed by atoms with Gasteiger partial charge >= 0.3 is 0 Å². The van der Waals surface area contributed by atoms with E-state index in [9.17, 15) is 0 Å². The number of rotatable bonds is 6. The van der Waals surface area contributed by atoms with Crippen molar-refractivity contribution >= 4 is 21.8 Å². The third kappa shape index (κ3) is 4.72. The minimum atomic E-state index is 0.0108. The van der Waals surface area contributed by atoms with Gasteiger partial charge in [0, 0.05) is 19.0 Å². The first kappa shape index (κ1) is 15.8. The van der Waals surface area contributed by atoms with Crippen molar-refractivity contribution in [2.75, 3.05) is 20.7 Å². The first-order valence-electron chi connectivity index (χ1n) is 5.96. The van der Waals surface area contributed by atoms with Crippen LogP contribution >= 0.6 is 15.9 Å². The molecule has 0 aliphatic rings. The molecule has 0 saturated heterocycles. The van der Waals surface area contributed by atoms with Crippen LogP contribution in [-0.2, 0) is 6.54 Å². The number of nitrogens with zero attached hydrogens (tertiary/aromatic N) is 2. The molecule has 0 radical (unpaired) electrons. The van der Waals surface area contributed by atoms with Gasteiger partial charge in [0.05, 0.1) is 11.6 Å². The monoisotopic (exact) mass is 329 g/mol. The van der Waals surface area contributed by atoms with E-state index in [0.717, 1.165) is 23.3 Å². The van der Waals surface area contributed by atoms with Gasteiger partial charge in [-0.05, 0) is 40.7 Å². The predicted octanol–water partition coefficient (Wildman–Crippen LogP) is 2.27. The van der Waals surface area contributed by atoms with E-state index in [-0.39, 0.29) is 11.8 Å². The van der Waals surface area contributed by atoms with Gasteiger partial charge in [-0.25, -0.2) is 0 Å². The van der Waals surface area contributed by atoms with E-state index in [1.807, 2.05) is 32.2 Å². The first-order chi connectivity index (χ1) is 8.97. The first-order valence-corrected chi connectivity index (χ1v) is 6.75. The third-order valence-corrected chi connectivity index (χ3v) is 3.49. The standard InChI is InChI=1S/C13H20BrN3O2/c1-9(13(15)16-18)7-17(2)8-10-4-5-12(19-3)11(14)6-10/h4-6,9,18H,7-8H2,1-3H3,(H2,15,16). The van der Waals surface area contributed by atoms with E-state index < -0.39 is 0 Å². The molecular weight excluding hydrogens is 310 g/mol. The topological polar surface area (TPSA) is 71.1 Å². The summed E-state index contributed by atoms with van der Waals surface area (Å²) in [6.07, 6.45) is 0. The lowest BCUT2D eigenvalue weighted by Crippen LogP contribution is -2.32. The third-order valence-electron chi connectivity index (χ3n) is 2.87. The van der Waals surface area contributed by atoms with Crippen LogP contribution in [0.1, 0.15) is 12.5 Å². The summed E-state index contributed by atoms with van der Waals surface area (Å²) in [5.74, 6) is 1.08. The van der Waals surface area contributed by atoms with E-state index in [0.29, 0.717) is 0 Å². The van der Waals surface area contributed by atoms with E-state index >= 15 is 0 Å². The zero-order valence-corrected chi connectivity index (χ0v) is 13.0. The average molecular weight is 330 g/mol. The zero-order chi connectivity index (χ0) is 14.4. The Morgan fingerprint density at radius 2 is 2.26 bits per heavy atom. The number of nitrogens with two attached hydrogens (primary N) is 1. The van der Waals surface area contributed by atoms with Crippen molar-refractivity contribution in [3.05, 3.63) is 28.2 Å². The summed E-state index contributed by atoms with van der Waals surface area (Å²) in [5.41, 5.74) is 6.74. The molecule has 1 rings (SSSR count). The summed E-state index contributed by atoms with van der Waals surface area (Å²) in [6, 6.07) is 5.98. The highest BCUT2D eigenvalue weighted by atomic mass is 79.9. The molecule has 1 aromatic carbocycles. The molecule has 106 valence electrons. The Morgan fingerprint density at radius 1 is 1.58 bits per heavy atom. The van der Waals surface area contributed by atoms with Crippen LogP contribution in [0.2, 0.25) is 0 Å². The average Bonchev–Trinajstić information content (AvgIpc) is 2.37. The summed E-state index contributed by atoms with van der Waals surface area (Å²) < 4.78 is 6.13. The summed E-state index contributed by atoms with van der Waals surface area (Å²) in [5, 5.41) is 11.7. The van der Waals surface area contributed by atoms with Crippen LogP contribution in [0.3, 0.4) is 0 Å². The van der Waals surface area contributed by atoms with Crippen molar-refractivity contribution in [2.24, 2.45) is 16.8 Å². The lowest BCUT2D eigenvalue weighted by Gasteiger charge is -2.20. The summed E-state index contributed by atoms with van der Waals surface area (Å²) in [6.45, 7) is 3.43. The Morgan fingerprint density at radius 3 is 2.79 bits per heavy atom. The van der Waals surface area contributed by atoms with Gasteiger partial charge in [-0.2, -0.15) is 0 Å². The highest BCUT2D eigenvalue weighted by molar-refractivity contribution is 9.10. The summed E-state index contributed by atoms with van der Waals surface area (Å²) >= 11 is 3.47. The normalized spacial score (nSPS) is 13.6. The van der Waals surface area contributed by atoms with Crippen LogP contribution in [0.15, 0.2) is 27.8 Å². The number of benzene rings is 1. The molecule has 0 heterocycles. The molecular formula is C13H20BrN3O2. The number of ether oxygens (including phenoxy) is 1. The van der Waals surface area contributed by atoms with Crippen LogP contribution in [0, 0.1) is 5.92 Å². The molecule has 1 atom stereocenters. The number of methoxy groups -OCH3 is 1. The van der Waals surface area contributed by atoms with Gasteiger partial charge in [-0.15, -0.1) is 0 Å². The van der Waals surface area contributed by atoms with Crippen LogP contribution in [0.4, 0.5) is 0 Å². The number of amidine groups is 1. The van der Waals surface area contributed by atoms with Crippen molar-refractivity contribution in [1.82, 2.24) is 4.90 Å². The summed E-state index contributed by atoms with van der Waals surface area (Å²) in [7, 11) is 3.64. The van der Waals surface area contributed by atoms with Crippen molar-refractivity contribution < 1.29 is 9.94 Å². The minimum Gasteiger partial charge on any atom is -0.496 e.